The fourth-order valence-electron chi connectivity index (χ4n) is 1.81. The first kappa shape index (κ1) is 11.4. The molecule has 0 saturated heterocycles. The van der Waals surface area contributed by atoms with Crippen LogP contribution in [0, 0.1) is 0 Å². The summed E-state index contributed by atoms with van der Waals surface area (Å²) in [5, 5.41) is 1.25. The zero-order valence-corrected chi connectivity index (χ0v) is 10.4. The normalized spacial score (nSPS) is 11.1. The molecule has 0 atom stereocenters. The summed E-state index contributed by atoms with van der Waals surface area (Å²) in [7, 11) is 1.69. The standard InChI is InChI=1S/C12H16N2OS/c1-3-16-12-7-9(13)6-11-10(12)4-5-14(11)8-15-2/h4-7H,3,8,13H2,1-2H3. The molecule has 0 spiro atoms. The number of anilines is 1. The summed E-state index contributed by atoms with van der Waals surface area (Å²) in [6, 6.07) is 6.15. The van der Waals surface area contributed by atoms with E-state index in [0.717, 1.165) is 17.0 Å². The van der Waals surface area contributed by atoms with Crippen molar-refractivity contribution in [1.82, 2.24) is 4.57 Å². The molecule has 4 heteroatoms. The predicted octanol–water partition coefficient (Wildman–Crippen LogP) is 2.94. The summed E-state index contributed by atoms with van der Waals surface area (Å²) < 4.78 is 7.21. The maximum absolute atomic E-state index is 5.91. The highest BCUT2D eigenvalue weighted by Crippen LogP contribution is 2.31. The molecular weight excluding hydrogens is 220 g/mol. The first-order valence-corrected chi connectivity index (χ1v) is 6.25. The lowest BCUT2D eigenvalue weighted by atomic mass is 10.2. The van der Waals surface area contributed by atoms with Crippen LogP contribution >= 0.6 is 11.8 Å². The third-order valence-electron chi connectivity index (χ3n) is 2.44. The zero-order chi connectivity index (χ0) is 11.5. The van der Waals surface area contributed by atoms with Crippen molar-refractivity contribution in [2.24, 2.45) is 0 Å². The number of fused-ring (bicyclic) bond motifs is 1. The largest absolute Gasteiger partial charge is 0.399 e. The van der Waals surface area contributed by atoms with Crippen molar-refractivity contribution in [3.05, 3.63) is 24.4 Å². The molecule has 2 rings (SSSR count). The highest BCUT2D eigenvalue weighted by molar-refractivity contribution is 7.99. The van der Waals surface area contributed by atoms with Gasteiger partial charge in [0.05, 0.1) is 5.52 Å². The lowest BCUT2D eigenvalue weighted by Crippen LogP contribution is -1.98. The molecule has 0 aliphatic rings. The molecule has 2 aromatic rings. The van der Waals surface area contributed by atoms with E-state index in [1.807, 2.05) is 30.1 Å². The van der Waals surface area contributed by atoms with Gasteiger partial charge in [-0.05, 0) is 24.0 Å². The van der Waals surface area contributed by atoms with Crippen molar-refractivity contribution in [1.29, 1.82) is 0 Å². The molecule has 0 unspecified atom stereocenters. The number of nitrogens with zero attached hydrogens (tertiary/aromatic N) is 1. The van der Waals surface area contributed by atoms with Crippen molar-refractivity contribution in [2.45, 2.75) is 18.6 Å². The SMILES string of the molecule is CCSc1cc(N)cc2c1ccn2COC. The summed E-state index contributed by atoms with van der Waals surface area (Å²) in [4.78, 5) is 1.24. The van der Waals surface area contributed by atoms with Crippen LogP contribution in [0.25, 0.3) is 10.9 Å². The molecular formula is C12H16N2OS. The van der Waals surface area contributed by atoms with Gasteiger partial charge < -0.3 is 15.0 Å². The average Bonchev–Trinajstić information content (AvgIpc) is 2.63. The lowest BCUT2D eigenvalue weighted by molar-refractivity contribution is 0.135. The molecule has 1 aromatic carbocycles. The van der Waals surface area contributed by atoms with Gasteiger partial charge in [0.2, 0.25) is 0 Å². The molecule has 0 aliphatic heterocycles. The van der Waals surface area contributed by atoms with E-state index in [2.05, 4.69) is 17.6 Å². The first-order valence-electron chi connectivity index (χ1n) is 5.26. The molecule has 3 nitrogen and oxygen atoms in total. The van der Waals surface area contributed by atoms with Crippen molar-refractivity contribution in [3.8, 4) is 0 Å². The van der Waals surface area contributed by atoms with Crippen molar-refractivity contribution in [3.63, 3.8) is 0 Å². The highest BCUT2D eigenvalue weighted by Gasteiger charge is 2.07. The number of rotatable bonds is 4. The summed E-state index contributed by atoms with van der Waals surface area (Å²) in [6.07, 6.45) is 2.04. The van der Waals surface area contributed by atoms with Crippen LogP contribution in [-0.2, 0) is 11.5 Å². The molecule has 86 valence electrons. The van der Waals surface area contributed by atoms with Gasteiger partial charge in [-0.2, -0.15) is 0 Å². The fraction of sp³-hybridized carbons (Fsp3) is 0.333. The Bertz CT molecular complexity index is 493. The Hall–Kier alpha value is -1.13. The van der Waals surface area contributed by atoms with Gasteiger partial charge in [0.1, 0.15) is 6.73 Å². The van der Waals surface area contributed by atoms with Crippen molar-refractivity contribution < 1.29 is 4.74 Å². The number of thioether (sulfide) groups is 1. The van der Waals surface area contributed by atoms with Crippen LogP contribution in [-0.4, -0.2) is 17.4 Å². The van der Waals surface area contributed by atoms with E-state index in [4.69, 9.17) is 10.5 Å². The maximum Gasteiger partial charge on any atom is 0.122 e. The van der Waals surface area contributed by atoms with E-state index in [1.54, 1.807) is 7.11 Å². The van der Waals surface area contributed by atoms with Crippen LogP contribution < -0.4 is 5.73 Å². The molecule has 16 heavy (non-hydrogen) atoms. The number of hydrogen-bond acceptors (Lipinski definition) is 3. The Balaban J connectivity index is 2.56. The number of methoxy groups -OCH3 is 1. The minimum absolute atomic E-state index is 0.559. The van der Waals surface area contributed by atoms with Gasteiger partial charge in [-0.1, -0.05) is 6.92 Å². The second-order valence-electron chi connectivity index (χ2n) is 3.59. The monoisotopic (exact) mass is 236 g/mol. The molecule has 0 amide bonds. The molecule has 0 aliphatic carbocycles. The topological polar surface area (TPSA) is 40.2 Å². The third-order valence-corrected chi connectivity index (χ3v) is 3.38. The summed E-state index contributed by atoms with van der Waals surface area (Å²) >= 11 is 1.82. The number of hydrogen-bond donors (Lipinski definition) is 1. The van der Waals surface area contributed by atoms with Crippen LogP contribution in [0.1, 0.15) is 6.92 Å². The Morgan fingerprint density at radius 1 is 1.44 bits per heavy atom. The van der Waals surface area contributed by atoms with Crippen LogP contribution in [0.15, 0.2) is 29.3 Å². The van der Waals surface area contributed by atoms with Gasteiger partial charge in [-0.3, -0.25) is 0 Å². The summed E-state index contributed by atoms with van der Waals surface area (Å²) in [5.41, 5.74) is 7.85. The number of nitrogen functional groups attached to an aromatic ring is 1. The number of ether oxygens (including phenoxy) is 1. The zero-order valence-electron chi connectivity index (χ0n) is 9.56. The van der Waals surface area contributed by atoms with Gasteiger partial charge in [-0.15, -0.1) is 11.8 Å². The molecule has 1 heterocycles. The van der Waals surface area contributed by atoms with Crippen LogP contribution in [0.2, 0.25) is 0 Å². The van der Waals surface area contributed by atoms with E-state index in [1.165, 1.54) is 10.3 Å². The second-order valence-corrected chi connectivity index (χ2v) is 4.89. The number of nitrogens with two attached hydrogens (primary N) is 1. The molecule has 0 radical (unpaired) electrons. The Morgan fingerprint density at radius 2 is 2.25 bits per heavy atom. The van der Waals surface area contributed by atoms with E-state index < -0.39 is 0 Å². The molecule has 0 saturated carbocycles. The van der Waals surface area contributed by atoms with Gasteiger partial charge >= 0.3 is 0 Å². The van der Waals surface area contributed by atoms with Gasteiger partial charge in [0.25, 0.3) is 0 Å². The minimum atomic E-state index is 0.559. The maximum atomic E-state index is 5.91. The number of benzene rings is 1. The summed E-state index contributed by atoms with van der Waals surface area (Å²) in [6.45, 7) is 2.70. The smallest absolute Gasteiger partial charge is 0.122 e. The fourth-order valence-corrected chi connectivity index (χ4v) is 2.67. The Morgan fingerprint density at radius 3 is 2.94 bits per heavy atom. The summed E-state index contributed by atoms with van der Waals surface area (Å²) in [5.74, 6) is 1.05. The van der Waals surface area contributed by atoms with Crippen molar-refractivity contribution in [2.75, 3.05) is 18.6 Å². The highest BCUT2D eigenvalue weighted by atomic mass is 32.2. The lowest BCUT2D eigenvalue weighted by Gasteiger charge is -2.07. The van der Waals surface area contributed by atoms with Gasteiger partial charge in [-0.25, -0.2) is 0 Å². The molecule has 0 bridgehead atoms. The average molecular weight is 236 g/mol. The first-order chi connectivity index (χ1) is 7.76. The molecule has 0 fully saturated rings. The van der Waals surface area contributed by atoms with Crippen molar-refractivity contribution >= 4 is 28.4 Å². The van der Waals surface area contributed by atoms with Crippen LogP contribution in [0.3, 0.4) is 0 Å². The molecule has 2 N–H and O–H groups in total. The quantitative estimate of drug-likeness (QED) is 0.655. The van der Waals surface area contributed by atoms with E-state index in [9.17, 15) is 0 Å². The van der Waals surface area contributed by atoms with E-state index >= 15 is 0 Å². The Kier molecular flexibility index (Phi) is 3.41. The predicted molar refractivity (Wildman–Crippen MR) is 69.8 cm³/mol. The second kappa shape index (κ2) is 4.80. The van der Waals surface area contributed by atoms with E-state index in [0.29, 0.717) is 6.73 Å². The minimum Gasteiger partial charge on any atom is -0.399 e. The van der Waals surface area contributed by atoms with Gasteiger partial charge in [0.15, 0.2) is 0 Å². The van der Waals surface area contributed by atoms with E-state index in [-0.39, 0.29) is 0 Å². The Labute approximate surface area is 99.6 Å². The van der Waals surface area contributed by atoms with Crippen LogP contribution in [0.4, 0.5) is 5.69 Å². The number of aromatic nitrogens is 1. The van der Waals surface area contributed by atoms with Gasteiger partial charge in [0, 0.05) is 29.3 Å². The molecule has 1 aromatic heterocycles. The van der Waals surface area contributed by atoms with Crippen LogP contribution in [0.5, 0.6) is 0 Å². The third kappa shape index (κ3) is 2.03.